The topological polar surface area (TPSA) is 29.1 Å². The van der Waals surface area contributed by atoms with Gasteiger partial charge in [-0.2, -0.15) is 0 Å². The van der Waals surface area contributed by atoms with Crippen LogP contribution in [0.1, 0.15) is 54.6 Å². The molecule has 1 N–H and O–H groups in total. The van der Waals surface area contributed by atoms with Crippen molar-refractivity contribution in [1.82, 2.24) is 5.32 Å². The molecule has 2 rings (SSSR count). The van der Waals surface area contributed by atoms with E-state index in [0.29, 0.717) is 5.92 Å². The molecule has 1 amide bonds. The molecule has 0 heterocycles. The maximum atomic E-state index is 12.1. The van der Waals surface area contributed by atoms with Crippen LogP contribution in [-0.4, -0.2) is 12.5 Å². The lowest BCUT2D eigenvalue weighted by Gasteiger charge is -2.13. The Labute approximate surface area is 110 Å². The van der Waals surface area contributed by atoms with E-state index in [1.807, 2.05) is 6.07 Å². The number of hydrogen-bond donors (Lipinski definition) is 1. The Kier molecular flexibility index (Phi) is 4.40. The van der Waals surface area contributed by atoms with Crippen LogP contribution in [0.2, 0.25) is 0 Å². The monoisotopic (exact) mass is 245 g/mol. The fourth-order valence-corrected chi connectivity index (χ4v) is 2.63. The Balaban J connectivity index is 1.97. The highest BCUT2D eigenvalue weighted by Crippen LogP contribution is 2.22. The first-order chi connectivity index (χ1) is 8.74. The first kappa shape index (κ1) is 13.1. The summed E-state index contributed by atoms with van der Waals surface area (Å²) in [6.07, 6.45) is 5.78. The van der Waals surface area contributed by atoms with Gasteiger partial charge in [-0.3, -0.25) is 4.79 Å². The molecule has 0 spiro atoms. The molecule has 1 aromatic rings. The van der Waals surface area contributed by atoms with Gasteiger partial charge in [0.2, 0.25) is 0 Å². The second kappa shape index (κ2) is 6.03. The van der Waals surface area contributed by atoms with Crippen LogP contribution in [0.3, 0.4) is 0 Å². The minimum absolute atomic E-state index is 0.0802. The summed E-state index contributed by atoms with van der Waals surface area (Å²) in [4.78, 5) is 12.1. The van der Waals surface area contributed by atoms with Gasteiger partial charge >= 0.3 is 0 Å². The van der Waals surface area contributed by atoms with Crippen LogP contribution in [0.5, 0.6) is 0 Å². The number of nitrogens with one attached hydrogen (secondary N) is 1. The number of carbonyl (C=O) groups is 1. The lowest BCUT2D eigenvalue weighted by molar-refractivity contribution is 0.0946. The summed E-state index contributed by atoms with van der Waals surface area (Å²) in [5, 5.41) is 3.05. The van der Waals surface area contributed by atoms with Gasteiger partial charge in [0.15, 0.2) is 0 Å². The molecule has 0 radical (unpaired) electrons. The summed E-state index contributed by atoms with van der Waals surface area (Å²) in [7, 11) is 0. The van der Waals surface area contributed by atoms with Crippen molar-refractivity contribution in [3.8, 4) is 0 Å². The third kappa shape index (κ3) is 2.92. The average Bonchev–Trinajstić information content (AvgIpc) is 2.86. The van der Waals surface area contributed by atoms with Crippen molar-refractivity contribution in [2.75, 3.05) is 6.54 Å². The van der Waals surface area contributed by atoms with Crippen LogP contribution in [0.25, 0.3) is 0 Å². The van der Waals surface area contributed by atoms with Crippen molar-refractivity contribution in [2.45, 2.75) is 46.0 Å². The second-order valence-electron chi connectivity index (χ2n) is 5.23. The van der Waals surface area contributed by atoms with Crippen LogP contribution in [0.4, 0.5) is 0 Å². The molecule has 18 heavy (non-hydrogen) atoms. The summed E-state index contributed by atoms with van der Waals surface area (Å²) in [6.45, 7) is 5.15. The smallest absolute Gasteiger partial charge is 0.251 e. The van der Waals surface area contributed by atoms with Gasteiger partial charge in [0.05, 0.1) is 0 Å². The standard InChI is InChI=1S/C16H23NO/c1-3-12(4-2)11-17-16(18)15-9-8-13-6-5-7-14(13)10-15/h8-10,12H,3-7,11H2,1-2H3,(H,17,18). The highest BCUT2D eigenvalue weighted by molar-refractivity contribution is 5.94. The van der Waals surface area contributed by atoms with Gasteiger partial charge in [-0.1, -0.05) is 32.8 Å². The van der Waals surface area contributed by atoms with E-state index in [2.05, 4.69) is 31.3 Å². The van der Waals surface area contributed by atoms with Gasteiger partial charge in [0, 0.05) is 12.1 Å². The van der Waals surface area contributed by atoms with E-state index in [-0.39, 0.29) is 5.91 Å². The molecule has 0 fully saturated rings. The van der Waals surface area contributed by atoms with E-state index in [9.17, 15) is 4.79 Å². The van der Waals surface area contributed by atoms with Gasteiger partial charge in [0.25, 0.3) is 5.91 Å². The van der Waals surface area contributed by atoms with Crippen LogP contribution in [-0.2, 0) is 12.8 Å². The van der Waals surface area contributed by atoms with Crippen molar-refractivity contribution in [1.29, 1.82) is 0 Å². The summed E-state index contributed by atoms with van der Waals surface area (Å²) >= 11 is 0. The van der Waals surface area contributed by atoms with Gasteiger partial charge in [-0.25, -0.2) is 0 Å². The van der Waals surface area contributed by atoms with E-state index >= 15 is 0 Å². The third-order valence-electron chi connectivity index (χ3n) is 4.07. The number of hydrogen-bond acceptors (Lipinski definition) is 1. The Morgan fingerprint density at radius 3 is 2.67 bits per heavy atom. The molecule has 1 aliphatic carbocycles. The highest BCUT2D eigenvalue weighted by atomic mass is 16.1. The summed E-state index contributed by atoms with van der Waals surface area (Å²) < 4.78 is 0. The predicted octanol–water partition coefficient (Wildman–Crippen LogP) is 3.34. The minimum atomic E-state index is 0.0802. The normalized spacial score (nSPS) is 13.7. The Hall–Kier alpha value is -1.31. The Bertz CT molecular complexity index is 421. The molecule has 1 aromatic carbocycles. The second-order valence-corrected chi connectivity index (χ2v) is 5.23. The van der Waals surface area contributed by atoms with E-state index in [1.165, 1.54) is 24.0 Å². The van der Waals surface area contributed by atoms with Crippen LogP contribution >= 0.6 is 0 Å². The first-order valence-corrected chi connectivity index (χ1v) is 7.14. The van der Waals surface area contributed by atoms with E-state index in [4.69, 9.17) is 0 Å². The molecule has 2 nitrogen and oxygen atoms in total. The SMILES string of the molecule is CCC(CC)CNC(=O)c1ccc2c(c1)CCC2. The largest absolute Gasteiger partial charge is 0.352 e. The molecule has 98 valence electrons. The van der Waals surface area contributed by atoms with Crippen molar-refractivity contribution >= 4 is 5.91 Å². The van der Waals surface area contributed by atoms with Gasteiger partial charge < -0.3 is 5.32 Å². The molecule has 0 aromatic heterocycles. The maximum absolute atomic E-state index is 12.1. The zero-order valence-corrected chi connectivity index (χ0v) is 11.5. The van der Waals surface area contributed by atoms with Crippen LogP contribution in [0, 0.1) is 5.92 Å². The molecule has 0 bridgehead atoms. The van der Waals surface area contributed by atoms with E-state index in [0.717, 1.165) is 31.4 Å². The molecular weight excluding hydrogens is 222 g/mol. The molecule has 0 saturated heterocycles. The van der Waals surface area contributed by atoms with Gasteiger partial charge in [-0.15, -0.1) is 0 Å². The average molecular weight is 245 g/mol. The van der Waals surface area contributed by atoms with Crippen molar-refractivity contribution in [2.24, 2.45) is 5.92 Å². The number of benzene rings is 1. The van der Waals surface area contributed by atoms with Gasteiger partial charge in [0.1, 0.15) is 0 Å². The highest BCUT2D eigenvalue weighted by Gasteiger charge is 2.14. The lowest BCUT2D eigenvalue weighted by Crippen LogP contribution is -2.28. The summed E-state index contributed by atoms with van der Waals surface area (Å²) in [6, 6.07) is 6.16. The number of amides is 1. The number of rotatable bonds is 5. The van der Waals surface area contributed by atoms with Crippen molar-refractivity contribution in [3.05, 3.63) is 34.9 Å². The minimum Gasteiger partial charge on any atom is -0.352 e. The van der Waals surface area contributed by atoms with Crippen LogP contribution in [0.15, 0.2) is 18.2 Å². The van der Waals surface area contributed by atoms with Crippen molar-refractivity contribution in [3.63, 3.8) is 0 Å². The first-order valence-electron chi connectivity index (χ1n) is 7.14. The van der Waals surface area contributed by atoms with E-state index < -0.39 is 0 Å². The molecule has 2 heteroatoms. The van der Waals surface area contributed by atoms with E-state index in [1.54, 1.807) is 0 Å². The predicted molar refractivity (Wildman–Crippen MR) is 74.9 cm³/mol. The lowest BCUT2D eigenvalue weighted by atomic mass is 10.0. The number of aryl methyl sites for hydroxylation is 2. The third-order valence-corrected chi connectivity index (χ3v) is 4.07. The molecule has 0 aliphatic heterocycles. The number of fused-ring (bicyclic) bond motifs is 1. The Morgan fingerprint density at radius 2 is 1.94 bits per heavy atom. The molecule has 0 saturated carbocycles. The molecule has 0 unspecified atom stereocenters. The quantitative estimate of drug-likeness (QED) is 0.847. The fourth-order valence-electron chi connectivity index (χ4n) is 2.63. The summed E-state index contributed by atoms with van der Waals surface area (Å²) in [5.74, 6) is 0.681. The number of carbonyl (C=O) groups excluding carboxylic acids is 1. The van der Waals surface area contributed by atoms with Crippen molar-refractivity contribution < 1.29 is 4.79 Å². The maximum Gasteiger partial charge on any atom is 0.251 e. The Morgan fingerprint density at radius 1 is 1.22 bits per heavy atom. The van der Waals surface area contributed by atoms with Crippen LogP contribution < -0.4 is 5.32 Å². The fraction of sp³-hybridized carbons (Fsp3) is 0.562. The van der Waals surface area contributed by atoms with Gasteiger partial charge in [-0.05, 0) is 48.4 Å². The molecular formula is C16H23NO. The summed E-state index contributed by atoms with van der Waals surface area (Å²) in [5.41, 5.74) is 3.61. The molecule has 1 aliphatic rings. The zero-order valence-electron chi connectivity index (χ0n) is 11.5. The molecule has 0 atom stereocenters. The zero-order chi connectivity index (χ0) is 13.0.